The summed E-state index contributed by atoms with van der Waals surface area (Å²) < 4.78 is 0. The summed E-state index contributed by atoms with van der Waals surface area (Å²) >= 11 is 12.0. The number of carbonyl (C=O) groups excluding carboxylic acids is 1. The summed E-state index contributed by atoms with van der Waals surface area (Å²) in [5.74, 6) is -0.00423. The van der Waals surface area contributed by atoms with E-state index in [1.165, 1.54) is 11.8 Å². The van der Waals surface area contributed by atoms with Crippen LogP contribution < -0.4 is 10.6 Å². The van der Waals surface area contributed by atoms with Crippen molar-refractivity contribution in [3.8, 4) is 0 Å². The van der Waals surface area contributed by atoms with Gasteiger partial charge in [0.15, 0.2) is 0 Å². The number of amides is 1. The summed E-state index contributed by atoms with van der Waals surface area (Å²) in [6, 6.07) is 14.6. The van der Waals surface area contributed by atoms with Gasteiger partial charge in [-0.3, -0.25) is 4.79 Å². The van der Waals surface area contributed by atoms with Gasteiger partial charge in [0.1, 0.15) is 5.69 Å². The van der Waals surface area contributed by atoms with E-state index in [-0.39, 0.29) is 17.5 Å². The van der Waals surface area contributed by atoms with E-state index in [1.54, 1.807) is 24.3 Å². The molecule has 0 atom stereocenters. The zero-order valence-corrected chi connectivity index (χ0v) is 15.5. The lowest BCUT2D eigenvalue weighted by molar-refractivity contribution is 0.0946. The van der Waals surface area contributed by atoms with Gasteiger partial charge in [-0.1, -0.05) is 53.0 Å². The maximum absolute atomic E-state index is 12.3. The highest BCUT2D eigenvalue weighted by Gasteiger charge is 2.10. The van der Waals surface area contributed by atoms with Crippen molar-refractivity contribution in [1.82, 2.24) is 15.3 Å². The Hall–Kier alpha value is -2.63. The molecule has 0 bridgehead atoms. The third-order valence-corrected chi connectivity index (χ3v) is 4.19. The minimum atomic E-state index is -0.279. The Morgan fingerprint density at radius 3 is 2.58 bits per heavy atom. The predicted molar refractivity (Wildman–Crippen MR) is 104 cm³/mol. The third-order valence-electron chi connectivity index (χ3n) is 3.64. The van der Waals surface area contributed by atoms with E-state index in [2.05, 4.69) is 20.6 Å². The molecule has 1 aromatic heterocycles. The van der Waals surface area contributed by atoms with Crippen LogP contribution in [0, 0.1) is 6.92 Å². The topological polar surface area (TPSA) is 66.9 Å². The molecule has 0 unspecified atom stereocenters. The predicted octanol–water partition coefficient (Wildman–Crippen LogP) is 4.77. The van der Waals surface area contributed by atoms with Crippen molar-refractivity contribution in [2.75, 3.05) is 5.32 Å². The molecule has 3 aromatic rings. The molecule has 0 radical (unpaired) electrons. The Kier molecular flexibility index (Phi) is 5.71. The molecule has 1 heterocycles. The summed E-state index contributed by atoms with van der Waals surface area (Å²) in [5, 5.41) is 6.80. The Morgan fingerprint density at radius 2 is 1.85 bits per heavy atom. The second kappa shape index (κ2) is 8.17. The standard InChI is InChI=1S/C19H16Cl2N4O/c1-12-2-4-13(5-3-12)11-23-18(26)17-8-9-22-19(25-17)24-16-7-6-14(20)10-15(16)21/h2-10H,11H2,1H3,(H,23,26)(H,22,24,25). The smallest absolute Gasteiger partial charge is 0.270 e. The number of rotatable bonds is 5. The minimum Gasteiger partial charge on any atom is -0.347 e. The molecule has 26 heavy (non-hydrogen) atoms. The Morgan fingerprint density at radius 1 is 1.08 bits per heavy atom. The highest BCUT2D eigenvalue weighted by atomic mass is 35.5. The van der Waals surface area contributed by atoms with E-state index in [0.29, 0.717) is 22.3 Å². The molecule has 2 aromatic carbocycles. The molecule has 0 fully saturated rings. The summed E-state index contributed by atoms with van der Waals surface area (Å²) in [4.78, 5) is 20.7. The Bertz CT molecular complexity index is 929. The van der Waals surface area contributed by atoms with E-state index in [4.69, 9.17) is 23.2 Å². The second-order valence-electron chi connectivity index (χ2n) is 5.68. The molecule has 3 rings (SSSR count). The molecule has 1 amide bonds. The Labute approximate surface area is 161 Å². The van der Waals surface area contributed by atoms with Crippen molar-refractivity contribution in [3.05, 3.63) is 81.6 Å². The number of nitrogens with zero attached hydrogens (tertiary/aromatic N) is 2. The van der Waals surface area contributed by atoms with Crippen molar-refractivity contribution in [2.24, 2.45) is 0 Å². The first kappa shape index (κ1) is 18.2. The van der Waals surface area contributed by atoms with E-state index in [0.717, 1.165) is 5.56 Å². The molecule has 0 spiro atoms. The summed E-state index contributed by atoms with van der Waals surface area (Å²) in [6.07, 6.45) is 1.51. The first-order valence-electron chi connectivity index (χ1n) is 7.90. The normalized spacial score (nSPS) is 10.4. The lowest BCUT2D eigenvalue weighted by atomic mass is 10.1. The van der Waals surface area contributed by atoms with Gasteiger partial charge < -0.3 is 10.6 Å². The summed E-state index contributed by atoms with van der Waals surface area (Å²) in [5.41, 5.74) is 3.06. The maximum Gasteiger partial charge on any atom is 0.270 e. The van der Waals surface area contributed by atoms with Gasteiger partial charge in [-0.05, 0) is 36.8 Å². The zero-order valence-electron chi connectivity index (χ0n) is 14.0. The van der Waals surface area contributed by atoms with Gasteiger partial charge in [0.25, 0.3) is 5.91 Å². The van der Waals surface area contributed by atoms with E-state index < -0.39 is 0 Å². The summed E-state index contributed by atoms with van der Waals surface area (Å²) in [6.45, 7) is 2.44. The lowest BCUT2D eigenvalue weighted by Gasteiger charge is -2.09. The molecular formula is C19H16Cl2N4O. The van der Waals surface area contributed by atoms with Crippen LogP contribution in [0.25, 0.3) is 0 Å². The van der Waals surface area contributed by atoms with E-state index in [1.807, 2.05) is 31.2 Å². The third kappa shape index (κ3) is 4.71. The van der Waals surface area contributed by atoms with Crippen molar-refractivity contribution >= 4 is 40.7 Å². The molecule has 7 heteroatoms. The largest absolute Gasteiger partial charge is 0.347 e. The highest BCUT2D eigenvalue weighted by molar-refractivity contribution is 6.36. The second-order valence-corrected chi connectivity index (χ2v) is 6.53. The van der Waals surface area contributed by atoms with Gasteiger partial charge in [-0.15, -0.1) is 0 Å². The number of aromatic nitrogens is 2. The van der Waals surface area contributed by atoms with Crippen LogP contribution in [0.4, 0.5) is 11.6 Å². The van der Waals surface area contributed by atoms with Crippen LogP contribution in [0.1, 0.15) is 21.6 Å². The molecule has 0 aliphatic carbocycles. The van der Waals surface area contributed by atoms with Crippen LogP contribution in [-0.4, -0.2) is 15.9 Å². The van der Waals surface area contributed by atoms with Crippen LogP contribution in [0.15, 0.2) is 54.7 Å². The van der Waals surface area contributed by atoms with Gasteiger partial charge in [-0.25, -0.2) is 9.97 Å². The molecule has 5 nitrogen and oxygen atoms in total. The molecular weight excluding hydrogens is 371 g/mol. The monoisotopic (exact) mass is 386 g/mol. The van der Waals surface area contributed by atoms with Gasteiger partial charge in [0.2, 0.25) is 5.95 Å². The van der Waals surface area contributed by atoms with Crippen LogP contribution in [-0.2, 0) is 6.54 Å². The quantitative estimate of drug-likeness (QED) is 0.662. The Balaban J connectivity index is 1.68. The number of halogens is 2. The van der Waals surface area contributed by atoms with Crippen LogP contribution >= 0.6 is 23.2 Å². The van der Waals surface area contributed by atoms with Crippen molar-refractivity contribution < 1.29 is 4.79 Å². The highest BCUT2D eigenvalue weighted by Crippen LogP contribution is 2.27. The summed E-state index contributed by atoms with van der Waals surface area (Å²) in [7, 11) is 0. The van der Waals surface area contributed by atoms with Crippen LogP contribution in [0.2, 0.25) is 10.0 Å². The number of aryl methyl sites for hydroxylation is 1. The first-order valence-corrected chi connectivity index (χ1v) is 8.66. The zero-order chi connectivity index (χ0) is 18.5. The van der Waals surface area contributed by atoms with Crippen LogP contribution in [0.3, 0.4) is 0 Å². The fourth-order valence-electron chi connectivity index (χ4n) is 2.24. The van der Waals surface area contributed by atoms with Crippen LogP contribution in [0.5, 0.6) is 0 Å². The fourth-order valence-corrected chi connectivity index (χ4v) is 2.69. The van der Waals surface area contributed by atoms with Crippen molar-refractivity contribution in [1.29, 1.82) is 0 Å². The fraction of sp³-hybridized carbons (Fsp3) is 0.105. The molecule has 0 aliphatic heterocycles. The number of nitrogens with one attached hydrogen (secondary N) is 2. The number of carbonyl (C=O) groups is 1. The molecule has 2 N–H and O–H groups in total. The minimum absolute atomic E-state index is 0.264. The number of benzene rings is 2. The van der Waals surface area contributed by atoms with Crippen molar-refractivity contribution in [3.63, 3.8) is 0 Å². The van der Waals surface area contributed by atoms with Gasteiger partial charge in [0.05, 0.1) is 10.7 Å². The van der Waals surface area contributed by atoms with E-state index >= 15 is 0 Å². The molecule has 132 valence electrons. The van der Waals surface area contributed by atoms with Gasteiger partial charge in [-0.2, -0.15) is 0 Å². The number of hydrogen-bond acceptors (Lipinski definition) is 4. The van der Waals surface area contributed by atoms with Crippen molar-refractivity contribution in [2.45, 2.75) is 13.5 Å². The molecule has 0 saturated carbocycles. The number of anilines is 2. The first-order chi connectivity index (χ1) is 12.5. The SMILES string of the molecule is Cc1ccc(CNC(=O)c2ccnc(Nc3ccc(Cl)cc3Cl)n2)cc1. The lowest BCUT2D eigenvalue weighted by Crippen LogP contribution is -2.24. The van der Waals surface area contributed by atoms with E-state index in [9.17, 15) is 4.79 Å². The molecule has 0 saturated heterocycles. The average molecular weight is 387 g/mol. The average Bonchev–Trinajstić information content (AvgIpc) is 2.63. The number of hydrogen-bond donors (Lipinski definition) is 2. The van der Waals surface area contributed by atoms with Gasteiger partial charge >= 0.3 is 0 Å². The molecule has 0 aliphatic rings. The maximum atomic E-state index is 12.3. The van der Waals surface area contributed by atoms with Gasteiger partial charge in [0, 0.05) is 17.8 Å².